The van der Waals surface area contributed by atoms with E-state index in [-0.39, 0.29) is 5.69 Å². The number of benzene rings is 1. The fourth-order valence-electron chi connectivity index (χ4n) is 0.654. The SMILES string of the molecule is Nc1c[c]cc(C(F)(F)F)c1. The third kappa shape index (κ3) is 1.86. The van der Waals surface area contributed by atoms with Crippen LogP contribution in [0.25, 0.3) is 0 Å². The summed E-state index contributed by atoms with van der Waals surface area (Å²) in [5, 5.41) is 0. The lowest BCUT2D eigenvalue weighted by Gasteiger charge is -2.05. The van der Waals surface area contributed by atoms with Gasteiger partial charge in [0, 0.05) is 5.69 Å². The van der Waals surface area contributed by atoms with E-state index in [1.807, 2.05) is 0 Å². The van der Waals surface area contributed by atoms with E-state index >= 15 is 0 Å². The van der Waals surface area contributed by atoms with Gasteiger partial charge >= 0.3 is 6.18 Å². The molecule has 1 nitrogen and oxygen atoms in total. The van der Waals surface area contributed by atoms with Crippen molar-refractivity contribution in [3.63, 3.8) is 0 Å². The minimum Gasteiger partial charge on any atom is -0.399 e. The molecule has 1 aromatic rings. The summed E-state index contributed by atoms with van der Waals surface area (Å²) >= 11 is 0. The maximum Gasteiger partial charge on any atom is 0.416 e. The molecule has 0 aliphatic rings. The summed E-state index contributed by atoms with van der Waals surface area (Å²) in [6, 6.07) is 5.31. The van der Waals surface area contributed by atoms with Crippen LogP contribution in [-0.2, 0) is 6.18 Å². The molecule has 0 bridgehead atoms. The summed E-state index contributed by atoms with van der Waals surface area (Å²) in [6.45, 7) is 0. The van der Waals surface area contributed by atoms with E-state index in [9.17, 15) is 13.2 Å². The Hall–Kier alpha value is -1.19. The third-order valence-corrected chi connectivity index (χ3v) is 1.14. The third-order valence-electron chi connectivity index (χ3n) is 1.14. The minimum absolute atomic E-state index is 0.0693. The van der Waals surface area contributed by atoms with Crippen LogP contribution in [0.3, 0.4) is 0 Å². The van der Waals surface area contributed by atoms with E-state index in [2.05, 4.69) is 6.07 Å². The molecule has 2 N–H and O–H groups in total. The van der Waals surface area contributed by atoms with Crippen molar-refractivity contribution in [1.82, 2.24) is 0 Å². The van der Waals surface area contributed by atoms with Crippen molar-refractivity contribution < 1.29 is 13.2 Å². The fraction of sp³-hybridized carbons (Fsp3) is 0.143. The van der Waals surface area contributed by atoms with Crippen molar-refractivity contribution in [3.05, 3.63) is 29.8 Å². The molecular formula is C7H5F3N. The molecule has 1 rings (SSSR count). The molecule has 0 spiro atoms. The molecule has 1 radical (unpaired) electrons. The van der Waals surface area contributed by atoms with E-state index < -0.39 is 11.7 Å². The van der Waals surface area contributed by atoms with Gasteiger partial charge in [-0.15, -0.1) is 0 Å². The highest BCUT2D eigenvalue weighted by Crippen LogP contribution is 2.29. The number of hydrogen-bond acceptors (Lipinski definition) is 1. The van der Waals surface area contributed by atoms with Gasteiger partial charge in [-0.1, -0.05) is 0 Å². The Labute approximate surface area is 61.6 Å². The van der Waals surface area contributed by atoms with Gasteiger partial charge in [0.15, 0.2) is 0 Å². The Kier molecular flexibility index (Phi) is 1.76. The summed E-state index contributed by atoms with van der Waals surface area (Å²) in [5.41, 5.74) is 4.43. The maximum atomic E-state index is 11.9. The number of hydrogen-bond donors (Lipinski definition) is 1. The molecule has 4 heteroatoms. The van der Waals surface area contributed by atoms with E-state index in [1.54, 1.807) is 0 Å². The fourth-order valence-corrected chi connectivity index (χ4v) is 0.654. The first-order valence-electron chi connectivity index (χ1n) is 2.84. The monoisotopic (exact) mass is 160 g/mol. The molecule has 0 saturated carbocycles. The van der Waals surface area contributed by atoms with Gasteiger partial charge in [0.1, 0.15) is 0 Å². The predicted molar refractivity (Wildman–Crippen MR) is 34.7 cm³/mol. The number of alkyl halides is 3. The molecule has 0 aliphatic heterocycles. The average Bonchev–Trinajstić information content (AvgIpc) is 1.86. The minimum atomic E-state index is -4.33. The Bertz CT molecular complexity index is 254. The standard InChI is InChI=1S/C7H5F3N/c8-7(9,10)5-2-1-3-6(11)4-5/h2-4H,11H2. The summed E-state index contributed by atoms with van der Waals surface area (Å²) in [6.07, 6.45) is -4.33. The Morgan fingerprint density at radius 2 is 1.91 bits per heavy atom. The van der Waals surface area contributed by atoms with Crippen molar-refractivity contribution in [3.8, 4) is 0 Å². The quantitative estimate of drug-likeness (QED) is 0.578. The van der Waals surface area contributed by atoms with E-state index in [1.165, 1.54) is 6.07 Å². The first kappa shape index (κ1) is 7.91. The van der Waals surface area contributed by atoms with Crippen molar-refractivity contribution in [1.29, 1.82) is 0 Å². The highest BCUT2D eigenvalue weighted by atomic mass is 19.4. The molecule has 0 atom stereocenters. The van der Waals surface area contributed by atoms with Crippen LogP contribution in [0, 0.1) is 6.07 Å². The van der Waals surface area contributed by atoms with Gasteiger partial charge in [0.05, 0.1) is 5.56 Å². The summed E-state index contributed by atoms with van der Waals surface area (Å²) in [4.78, 5) is 0. The first-order chi connectivity index (χ1) is 5.00. The summed E-state index contributed by atoms with van der Waals surface area (Å²) in [5.74, 6) is 0. The lowest BCUT2D eigenvalue weighted by Crippen LogP contribution is -2.04. The molecule has 59 valence electrons. The van der Waals surface area contributed by atoms with Gasteiger partial charge in [-0.3, -0.25) is 0 Å². The number of nitrogen functional groups attached to an aromatic ring is 1. The van der Waals surface area contributed by atoms with Crippen molar-refractivity contribution in [2.75, 3.05) is 5.73 Å². The molecule has 0 aromatic heterocycles. The zero-order valence-electron chi connectivity index (χ0n) is 5.44. The van der Waals surface area contributed by atoms with Gasteiger partial charge < -0.3 is 5.73 Å². The number of anilines is 1. The molecule has 0 fully saturated rings. The van der Waals surface area contributed by atoms with E-state index in [4.69, 9.17) is 5.73 Å². The topological polar surface area (TPSA) is 26.0 Å². The average molecular weight is 160 g/mol. The Morgan fingerprint density at radius 3 is 2.27 bits per heavy atom. The van der Waals surface area contributed by atoms with Crippen LogP contribution in [0.15, 0.2) is 18.2 Å². The molecule has 0 heterocycles. The van der Waals surface area contributed by atoms with Crippen LogP contribution in [0.1, 0.15) is 5.56 Å². The number of rotatable bonds is 0. The summed E-state index contributed by atoms with van der Waals surface area (Å²) < 4.78 is 35.7. The highest BCUT2D eigenvalue weighted by molar-refractivity contribution is 5.40. The van der Waals surface area contributed by atoms with Crippen LogP contribution in [0.4, 0.5) is 18.9 Å². The van der Waals surface area contributed by atoms with E-state index in [0.717, 1.165) is 12.1 Å². The Morgan fingerprint density at radius 1 is 1.27 bits per heavy atom. The van der Waals surface area contributed by atoms with Gasteiger partial charge in [0.2, 0.25) is 0 Å². The second kappa shape index (κ2) is 2.45. The molecule has 0 aliphatic carbocycles. The van der Waals surface area contributed by atoms with Crippen LogP contribution in [-0.4, -0.2) is 0 Å². The van der Waals surface area contributed by atoms with Crippen molar-refractivity contribution in [2.24, 2.45) is 0 Å². The van der Waals surface area contributed by atoms with Crippen LogP contribution >= 0.6 is 0 Å². The van der Waals surface area contributed by atoms with Gasteiger partial charge in [-0.25, -0.2) is 0 Å². The van der Waals surface area contributed by atoms with Gasteiger partial charge in [0.25, 0.3) is 0 Å². The van der Waals surface area contributed by atoms with Crippen molar-refractivity contribution in [2.45, 2.75) is 6.18 Å². The summed E-state index contributed by atoms with van der Waals surface area (Å²) in [7, 11) is 0. The second-order valence-electron chi connectivity index (χ2n) is 2.05. The first-order valence-corrected chi connectivity index (χ1v) is 2.84. The Balaban J connectivity index is 3.06. The predicted octanol–water partition coefficient (Wildman–Crippen LogP) is 2.09. The molecule has 11 heavy (non-hydrogen) atoms. The van der Waals surface area contributed by atoms with Gasteiger partial charge in [-0.2, -0.15) is 13.2 Å². The molecule has 0 amide bonds. The second-order valence-corrected chi connectivity index (χ2v) is 2.05. The number of nitrogens with two attached hydrogens (primary N) is 1. The number of halogens is 3. The van der Waals surface area contributed by atoms with Crippen LogP contribution < -0.4 is 5.73 Å². The van der Waals surface area contributed by atoms with Crippen molar-refractivity contribution >= 4 is 5.69 Å². The maximum absolute atomic E-state index is 11.9. The van der Waals surface area contributed by atoms with Crippen LogP contribution in [0.5, 0.6) is 0 Å². The van der Waals surface area contributed by atoms with Crippen LogP contribution in [0.2, 0.25) is 0 Å². The molecular weight excluding hydrogens is 155 g/mol. The smallest absolute Gasteiger partial charge is 0.399 e. The lowest BCUT2D eigenvalue weighted by atomic mass is 10.2. The largest absolute Gasteiger partial charge is 0.416 e. The highest BCUT2D eigenvalue weighted by Gasteiger charge is 2.30. The van der Waals surface area contributed by atoms with E-state index in [0.29, 0.717) is 0 Å². The lowest BCUT2D eigenvalue weighted by molar-refractivity contribution is -0.137. The molecule has 0 saturated heterocycles. The zero-order valence-corrected chi connectivity index (χ0v) is 5.44. The normalized spacial score (nSPS) is 11.5. The molecule has 0 unspecified atom stereocenters. The van der Waals surface area contributed by atoms with Gasteiger partial charge in [-0.05, 0) is 24.3 Å². The molecule has 1 aromatic carbocycles. The zero-order chi connectivity index (χ0) is 8.48.